The summed E-state index contributed by atoms with van der Waals surface area (Å²) < 4.78 is 29.7. The minimum absolute atomic E-state index is 0.244. The smallest absolute Gasteiger partial charge is 0.256 e. The van der Waals surface area contributed by atoms with Gasteiger partial charge in [0.05, 0.1) is 31.3 Å². The molecule has 0 spiro atoms. The molecule has 186 valence electrons. The fourth-order valence-electron chi connectivity index (χ4n) is 4.18. The zero-order chi connectivity index (χ0) is 24.8. The number of methoxy groups -OCH3 is 4. The van der Waals surface area contributed by atoms with Crippen LogP contribution in [-0.2, 0) is 23.8 Å². The van der Waals surface area contributed by atoms with Gasteiger partial charge in [-0.25, -0.2) is 4.68 Å². The predicted octanol–water partition coefficient (Wildman–Crippen LogP) is 3.69. The molecule has 2 aromatic carbocycles. The van der Waals surface area contributed by atoms with Crippen LogP contribution in [0.25, 0.3) is 16.8 Å². The first kappa shape index (κ1) is 24.9. The van der Waals surface area contributed by atoms with Crippen LogP contribution in [0.1, 0.15) is 12.5 Å². The van der Waals surface area contributed by atoms with E-state index in [-0.39, 0.29) is 18.3 Å². The summed E-state index contributed by atoms with van der Waals surface area (Å²) in [6.07, 6.45) is 3.37. The summed E-state index contributed by atoms with van der Waals surface area (Å²) in [7, 11) is 6.47. The maximum atomic E-state index is 5.91. The van der Waals surface area contributed by atoms with Crippen molar-refractivity contribution in [1.29, 1.82) is 0 Å². The molecule has 5 atom stereocenters. The minimum atomic E-state index is -0.721. The Bertz CT molecular complexity index is 1120. The van der Waals surface area contributed by atoms with Crippen LogP contribution < -0.4 is 4.74 Å². The molecule has 3 aromatic rings. The summed E-state index contributed by atoms with van der Waals surface area (Å²) >= 11 is 0. The molecule has 4 rings (SSSR count). The highest BCUT2D eigenvalue weighted by Crippen LogP contribution is 2.28. The maximum Gasteiger partial charge on any atom is 0.256 e. The van der Waals surface area contributed by atoms with E-state index < -0.39 is 12.4 Å². The van der Waals surface area contributed by atoms with Crippen LogP contribution >= 0.6 is 0 Å². The maximum absolute atomic E-state index is 5.91. The average molecular weight is 482 g/mol. The van der Waals surface area contributed by atoms with Crippen LogP contribution in [0, 0.1) is 0 Å². The second kappa shape index (κ2) is 11.5. The number of rotatable bonds is 9. The quantitative estimate of drug-likeness (QED) is 0.340. The predicted molar refractivity (Wildman–Crippen MR) is 131 cm³/mol. The Labute approximate surface area is 205 Å². The van der Waals surface area contributed by atoms with Gasteiger partial charge in [0.25, 0.3) is 6.29 Å². The molecule has 0 unspecified atom stereocenters. The highest BCUT2D eigenvalue weighted by atomic mass is 16.8. The molecular weight excluding hydrogens is 450 g/mol. The van der Waals surface area contributed by atoms with Crippen molar-refractivity contribution >= 4 is 6.21 Å². The van der Waals surface area contributed by atoms with Crippen LogP contribution in [-0.4, -0.2) is 75.1 Å². The third kappa shape index (κ3) is 5.54. The molecule has 0 bridgehead atoms. The largest absolute Gasteiger partial charge is 0.497 e. The van der Waals surface area contributed by atoms with Crippen molar-refractivity contribution in [1.82, 2.24) is 9.78 Å². The molecule has 35 heavy (non-hydrogen) atoms. The molecule has 9 nitrogen and oxygen atoms in total. The van der Waals surface area contributed by atoms with E-state index in [0.717, 1.165) is 28.1 Å². The first-order valence-corrected chi connectivity index (χ1v) is 11.3. The lowest BCUT2D eigenvalue weighted by Crippen LogP contribution is -2.59. The van der Waals surface area contributed by atoms with Gasteiger partial charge >= 0.3 is 0 Å². The Balaban J connectivity index is 1.41. The molecule has 0 N–H and O–H groups in total. The SMILES string of the molecule is COc1cccc(-c2cnn(-c3ccc(/C=N/O[C@@H]4O[C@@H](C)[C@H](OC)[C@@H](OC)[C@H]4OC)cc3)c2)c1. The van der Waals surface area contributed by atoms with Crippen molar-refractivity contribution < 1.29 is 28.5 Å². The van der Waals surface area contributed by atoms with Gasteiger partial charge in [0.15, 0.2) is 6.10 Å². The average Bonchev–Trinajstić information content (AvgIpc) is 3.39. The monoisotopic (exact) mass is 481 g/mol. The fourth-order valence-corrected chi connectivity index (χ4v) is 4.18. The van der Waals surface area contributed by atoms with E-state index in [4.69, 9.17) is 28.5 Å². The Morgan fingerprint density at radius 2 is 1.66 bits per heavy atom. The topological polar surface area (TPSA) is 85.6 Å². The van der Waals surface area contributed by atoms with Gasteiger partial charge in [-0.1, -0.05) is 29.4 Å². The first-order valence-electron chi connectivity index (χ1n) is 11.3. The highest BCUT2D eigenvalue weighted by molar-refractivity contribution is 5.79. The Hall–Kier alpha value is -3.24. The Morgan fingerprint density at radius 3 is 2.34 bits per heavy atom. The van der Waals surface area contributed by atoms with Gasteiger partial charge < -0.3 is 28.5 Å². The van der Waals surface area contributed by atoms with E-state index in [1.165, 1.54) is 0 Å². The summed E-state index contributed by atoms with van der Waals surface area (Å²) in [5.41, 5.74) is 3.83. The molecule has 1 aliphatic rings. The van der Waals surface area contributed by atoms with Gasteiger partial charge in [0, 0.05) is 33.1 Å². The van der Waals surface area contributed by atoms with Gasteiger partial charge in [-0.15, -0.1) is 0 Å². The third-order valence-electron chi connectivity index (χ3n) is 6.05. The molecule has 1 aromatic heterocycles. The molecule has 0 saturated carbocycles. The molecule has 1 aliphatic heterocycles. The lowest BCUT2D eigenvalue weighted by Gasteiger charge is -2.42. The number of hydrogen-bond donors (Lipinski definition) is 0. The van der Waals surface area contributed by atoms with E-state index in [9.17, 15) is 0 Å². The first-order chi connectivity index (χ1) is 17.1. The van der Waals surface area contributed by atoms with E-state index >= 15 is 0 Å². The van der Waals surface area contributed by atoms with Gasteiger partial charge in [-0.3, -0.25) is 0 Å². The van der Waals surface area contributed by atoms with E-state index in [1.54, 1.807) is 34.7 Å². The standard InChI is InChI=1S/C26H31N3O6/c1-17-23(31-3)24(32-4)25(33-5)26(34-17)35-28-14-18-9-11-21(12-10-18)29-16-20(15-27-29)19-7-6-8-22(13-19)30-2/h6-17,23-26H,1-5H3/b28-14+/t17-,23-,24+,25+,26-/m0/s1. The molecule has 2 heterocycles. The Kier molecular flexibility index (Phi) is 8.14. The summed E-state index contributed by atoms with van der Waals surface area (Å²) in [5, 5.41) is 8.61. The number of ether oxygens (including phenoxy) is 5. The van der Waals surface area contributed by atoms with Crippen LogP contribution in [0.5, 0.6) is 5.75 Å². The Morgan fingerprint density at radius 1 is 0.914 bits per heavy atom. The van der Waals surface area contributed by atoms with E-state index in [2.05, 4.69) is 10.3 Å². The van der Waals surface area contributed by atoms with Crippen LogP contribution in [0.15, 0.2) is 66.1 Å². The highest BCUT2D eigenvalue weighted by Gasteiger charge is 2.46. The van der Waals surface area contributed by atoms with Crippen LogP contribution in [0.4, 0.5) is 0 Å². The van der Waals surface area contributed by atoms with Crippen molar-refractivity contribution in [2.45, 2.75) is 37.6 Å². The lowest BCUT2D eigenvalue weighted by atomic mass is 9.99. The summed E-state index contributed by atoms with van der Waals surface area (Å²) in [6.45, 7) is 1.90. The molecular formula is C26H31N3O6. The fraction of sp³-hybridized carbons (Fsp3) is 0.385. The second-order valence-electron chi connectivity index (χ2n) is 8.15. The minimum Gasteiger partial charge on any atom is -0.497 e. The zero-order valence-electron chi connectivity index (χ0n) is 20.5. The van der Waals surface area contributed by atoms with Crippen molar-refractivity contribution in [2.24, 2.45) is 5.16 Å². The van der Waals surface area contributed by atoms with Crippen molar-refractivity contribution in [3.63, 3.8) is 0 Å². The van der Waals surface area contributed by atoms with E-state index in [0.29, 0.717) is 0 Å². The second-order valence-corrected chi connectivity index (χ2v) is 8.15. The molecule has 1 fully saturated rings. The number of nitrogens with zero attached hydrogens (tertiary/aromatic N) is 3. The van der Waals surface area contributed by atoms with Crippen molar-refractivity contribution in [3.8, 4) is 22.6 Å². The number of oxime groups is 1. The summed E-state index contributed by atoms with van der Waals surface area (Å²) in [6, 6.07) is 15.7. The van der Waals surface area contributed by atoms with Gasteiger partial charge in [-0.05, 0) is 42.3 Å². The number of aromatic nitrogens is 2. The normalized spacial score (nSPS) is 24.5. The van der Waals surface area contributed by atoms with Crippen LogP contribution in [0.2, 0.25) is 0 Å². The van der Waals surface area contributed by atoms with Crippen LogP contribution in [0.3, 0.4) is 0 Å². The molecule has 0 aliphatic carbocycles. The third-order valence-corrected chi connectivity index (χ3v) is 6.05. The lowest BCUT2D eigenvalue weighted by molar-refractivity contribution is -0.305. The zero-order valence-corrected chi connectivity index (χ0v) is 20.5. The van der Waals surface area contributed by atoms with Crippen molar-refractivity contribution in [3.05, 3.63) is 66.5 Å². The molecule has 1 saturated heterocycles. The van der Waals surface area contributed by atoms with Crippen molar-refractivity contribution in [2.75, 3.05) is 28.4 Å². The van der Waals surface area contributed by atoms with Gasteiger partial charge in [0.1, 0.15) is 18.0 Å². The molecule has 0 amide bonds. The number of benzene rings is 2. The van der Waals surface area contributed by atoms with Gasteiger partial charge in [-0.2, -0.15) is 5.10 Å². The molecule has 9 heteroatoms. The van der Waals surface area contributed by atoms with Gasteiger partial charge in [0.2, 0.25) is 0 Å². The number of hydrogen-bond acceptors (Lipinski definition) is 8. The summed E-state index contributed by atoms with van der Waals surface area (Å²) in [5.74, 6) is 0.808. The molecule has 0 radical (unpaired) electrons. The van der Waals surface area contributed by atoms with E-state index in [1.807, 2.05) is 72.5 Å². The summed E-state index contributed by atoms with van der Waals surface area (Å²) in [4.78, 5) is 5.63.